The van der Waals surface area contributed by atoms with Crippen molar-refractivity contribution < 1.29 is 0 Å². The van der Waals surface area contributed by atoms with Crippen LogP contribution in [0.5, 0.6) is 0 Å². The molecule has 0 fully saturated rings. The van der Waals surface area contributed by atoms with Crippen molar-refractivity contribution in [1.82, 2.24) is 19.7 Å². The Morgan fingerprint density at radius 2 is 2.06 bits per heavy atom. The van der Waals surface area contributed by atoms with Gasteiger partial charge in [-0.3, -0.25) is 0 Å². The molecular weight excluding hydrogens is 224 g/mol. The number of hydrogen-bond acceptors (Lipinski definition) is 3. The first-order chi connectivity index (χ1) is 7.63. The standard InChI is InChI=1S/C11H13ClN4/c1-4-9-10(12)13-6-14-11(9)16-8(3)5-7(2)15-16/h5-6H,4H2,1-3H3. The van der Waals surface area contributed by atoms with Gasteiger partial charge in [-0.1, -0.05) is 18.5 Å². The van der Waals surface area contributed by atoms with E-state index >= 15 is 0 Å². The molecule has 0 N–H and O–H groups in total. The summed E-state index contributed by atoms with van der Waals surface area (Å²) >= 11 is 6.05. The number of rotatable bonds is 2. The van der Waals surface area contributed by atoms with Crippen LogP contribution in [0.25, 0.3) is 5.82 Å². The molecule has 0 aliphatic heterocycles. The lowest BCUT2D eigenvalue weighted by molar-refractivity contribution is 0.784. The van der Waals surface area contributed by atoms with Gasteiger partial charge in [0.2, 0.25) is 0 Å². The molecule has 0 aliphatic carbocycles. The van der Waals surface area contributed by atoms with Crippen LogP contribution in [0.2, 0.25) is 5.15 Å². The second-order valence-electron chi connectivity index (χ2n) is 3.66. The lowest BCUT2D eigenvalue weighted by Crippen LogP contribution is -2.07. The van der Waals surface area contributed by atoms with Crippen molar-refractivity contribution in [2.75, 3.05) is 0 Å². The Labute approximate surface area is 99.3 Å². The van der Waals surface area contributed by atoms with Crippen LogP contribution >= 0.6 is 11.6 Å². The van der Waals surface area contributed by atoms with Gasteiger partial charge in [0.15, 0.2) is 5.82 Å². The fourth-order valence-corrected chi connectivity index (χ4v) is 1.97. The summed E-state index contributed by atoms with van der Waals surface area (Å²) in [6, 6.07) is 2.01. The topological polar surface area (TPSA) is 43.6 Å². The number of hydrogen-bond donors (Lipinski definition) is 0. The fourth-order valence-electron chi connectivity index (χ4n) is 1.71. The van der Waals surface area contributed by atoms with Gasteiger partial charge in [0.1, 0.15) is 11.5 Å². The molecule has 2 aromatic heterocycles. The van der Waals surface area contributed by atoms with E-state index in [4.69, 9.17) is 11.6 Å². The molecular formula is C11H13ClN4. The predicted molar refractivity (Wildman–Crippen MR) is 63.0 cm³/mol. The molecule has 0 saturated carbocycles. The van der Waals surface area contributed by atoms with E-state index in [1.165, 1.54) is 6.33 Å². The van der Waals surface area contributed by atoms with Crippen LogP contribution in [0.3, 0.4) is 0 Å². The maximum absolute atomic E-state index is 6.05. The Balaban J connectivity index is 2.64. The van der Waals surface area contributed by atoms with Gasteiger partial charge in [-0.2, -0.15) is 5.10 Å². The third-order valence-electron chi connectivity index (χ3n) is 2.43. The molecule has 16 heavy (non-hydrogen) atoms. The van der Waals surface area contributed by atoms with E-state index in [1.807, 2.05) is 31.5 Å². The first-order valence-electron chi connectivity index (χ1n) is 5.16. The van der Waals surface area contributed by atoms with Crippen molar-refractivity contribution >= 4 is 11.6 Å². The van der Waals surface area contributed by atoms with E-state index in [-0.39, 0.29) is 0 Å². The van der Waals surface area contributed by atoms with E-state index in [1.54, 1.807) is 0 Å². The summed E-state index contributed by atoms with van der Waals surface area (Å²) in [6.45, 7) is 5.98. The molecule has 0 unspecified atom stereocenters. The highest BCUT2D eigenvalue weighted by atomic mass is 35.5. The lowest BCUT2D eigenvalue weighted by Gasteiger charge is -2.08. The summed E-state index contributed by atoms with van der Waals surface area (Å²) in [5.41, 5.74) is 2.94. The Morgan fingerprint density at radius 3 is 2.62 bits per heavy atom. The maximum Gasteiger partial charge on any atom is 0.161 e. The normalized spacial score (nSPS) is 10.8. The minimum absolute atomic E-state index is 0.500. The van der Waals surface area contributed by atoms with Crippen molar-refractivity contribution in [2.45, 2.75) is 27.2 Å². The second kappa shape index (κ2) is 4.22. The summed E-state index contributed by atoms with van der Waals surface area (Å²) < 4.78 is 1.81. The molecule has 0 atom stereocenters. The summed E-state index contributed by atoms with van der Waals surface area (Å²) in [6.07, 6.45) is 2.25. The zero-order chi connectivity index (χ0) is 11.7. The van der Waals surface area contributed by atoms with E-state index < -0.39 is 0 Å². The number of aromatic nitrogens is 4. The van der Waals surface area contributed by atoms with Crippen LogP contribution in [-0.2, 0) is 6.42 Å². The Morgan fingerprint density at radius 1 is 1.31 bits per heavy atom. The molecule has 4 nitrogen and oxygen atoms in total. The summed E-state index contributed by atoms with van der Waals surface area (Å²) in [5.74, 6) is 0.771. The molecule has 0 aliphatic rings. The highest BCUT2D eigenvalue weighted by Crippen LogP contribution is 2.20. The van der Waals surface area contributed by atoms with Crippen LogP contribution in [0.15, 0.2) is 12.4 Å². The van der Waals surface area contributed by atoms with Gasteiger partial charge in [-0.05, 0) is 26.3 Å². The predicted octanol–water partition coefficient (Wildman–Crippen LogP) is 2.49. The number of halogens is 1. The van der Waals surface area contributed by atoms with E-state index in [2.05, 4.69) is 15.1 Å². The van der Waals surface area contributed by atoms with Gasteiger partial charge < -0.3 is 0 Å². The van der Waals surface area contributed by atoms with Crippen LogP contribution in [0.1, 0.15) is 23.9 Å². The highest BCUT2D eigenvalue weighted by molar-refractivity contribution is 6.30. The number of aryl methyl sites for hydroxylation is 2. The summed E-state index contributed by atoms with van der Waals surface area (Å²) in [7, 11) is 0. The van der Waals surface area contributed by atoms with Gasteiger partial charge in [0.05, 0.1) is 5.69 Å². The molecule has 2 heterocycles. The molecule has 2 rings (SSSR count). The average Bonchev–Trinajstić information content (AvgIpc) is 2.57. The van der Waals surface area contributed by atoms with Crippen molar-refractivity contribution in [3.05, 3.63) is 34.5 Å². The quantitative estimate of drug-likeness (QED) is 0.753. The molecule has 2 aromatic rings. The molecule has 84 valence electrons. The van der Waals surface area contributed by atoms with Gasteiger partial charge in [0.25, 0.3) is 0 Å². The zero-order valence-electron chi connectivity index (χ0n) is 9.53. The van der Waals surface area contributed by atoms with Gasteiger partial charge in [-0.15, -0.1) is 0 Å². The molecule has 0 aromatic carbocycles. The van der Waals surface area contributed by atoms with Crippen LogP contribution in [0, 0.1) is 13.8 Å². The van der Waals surface area contributed by atoms with Crippen molar-refractivity contribution in [3.63, 3.8) is 0 Å². The minimum Gasteiger partial charge on any atom is -0.224 e. The molecule has 0 bridgehead atoms. The van der Waals surface area contributed by atoms with Crippen molar-refractivity contribution in [3.8, 4) is 5.82 Å². The Kier molecular flexibility index (Phi) is 2.92. The van der Waals surface area contributed by atoms with E-state index in [0.717, 1.165) is 29.2 Å². The van der Waals surface area contributed by atoms with E-state index in [0.29, 0.717) is 5.15 Å². The Hall–Kier alpha value is -1.42. The average molecular weight is 237 g/mol. The van der Waals surface area contributed by atoms with Gasteiger partial charge in [-0.25, -0.2) is 14.6 Å². The Bertz CT molecular complexity index is 519. The third kappa shape index (κ3) is 1.80. The molecule has 0 spiro atoms. The third-order valence-corrected chi connectivity index (χ3v) is 2.76. The second-order valence-corrected chi connectivity index (χ2v) is 4.02. The summed E-state index contributed by atoms with van der Waals surface area (Å²) in [4.78, 5) is 8.25. The smallest absolute Gasteiger partial charge is 0.161 e. The first-order valence-corrected chi connectivity index (χ1v) is 5.54. The van der Waals surface area contributed by atoms with Crippen LogP contribution < -0.4 is 0 Å². The van der Waals surface area contributed by atoms with E-state index in [9.17, 15) is 0 Å². The molecule has 0 amide bonds. The molecule has 5 heteroatoms. The largest absolute Gasteiger partial charge is 0.224 e. The van der Waals surface area contributed by atoms with Gasteiger partial charge >= 0.3 is 0 Å². The zero-order valence-corrected chi connectivity index (χ0v) is 10.3. The SMILES string of the molecule is CCc1c(Cl)ncnc1-n1nc(C)cc1C. The lowest BCUT2D eigenvalue weighted by atomic mass is 10.2. The highest BCUT2D eigenvalue weighted by Gasteiger charge is 2.12. The molecule has 0 radical (unpaired) electrons. The monoisotopic (exact) mass is 236 g/mol. The first kappa shape index (κ1) is 11.1. The van der Waals surface area contributed by atoms with Crippen molar-refractivity contribution in [2.24, 2.45) is 0 Å². The van der Waals surface area contributed by atoms with Crippen LogP contribution in [0.4, 0.5) is 0 Å². The molecule has 0 saturated heterocycles. The number of nitrogens with zero attached hydrogens (tertiary/aromatic N) is 4. The minimum atomic E-state index is 0.500. The maximum atomic E-state index is 6.05. The summed E-state index contributed by atoms with van der Waals surface area (Å²) in [5, 5.41) is 4.90. The van der Waals surface area contributed by atoms with Gasteiger partial charge in [0, 0.05) is 11.3 Å². The van der Waals surface area contributed by atoms with Crippen LogP contribution in [-0.4, -0.2) is 19.7 Å². The fraction of sp³-hybridized carbons (Fsp3) is 0.364. The van der Waals surface area contributed by atoms with Crippen molar-refractivity contribution in [1.29, 1.82) is 0 Å².